The molecule has 1 aliphatic carbocycles. The Morgan fingerprint density at radius 3 is 1.60 bits per heavy atom. The standard InChI is InChI=1S/C18H27NO2.C12H21NO3.C12H23NO3.C12H21NO3.C11H11F3N2.C11H16F2N2/c1-13(2)15-11-12-16(14-9-7-6-8-10-14)19(15)17(20)21-18(3,4)5;1-8(2)10-6-9(14)7-13(10)11(15)16-12(3,4)5;1-9(2)10-8-15-7-6-13(10)11(14)16-12(3,4)5;1-8(2)9-6-7-10(14)13(9)11(15)16-12(3,4)5;1-6(2)10-8-5-7(11(12,13)14)3-4-9(8)15-16-10;1-7(2)15-9-6-4-5-8(9)10(14-15)11(3,12)13/h6-10,13,15-16H,11-12H2,1-5H3;8,10H,6-7H2,1-5H3;9-10H,6-8H2,1-5H3;8-9H,6-7H2,1-5H3;3-6H,1-2H3,(H,15,16);7H,4-6H2,1-3H3/t15-,16+;2*10-;9-;;/m0010../s1. The van der Waals surface area contributed by atoms with E-state index in [0.29, 0.717) is 55.3 Å². The van der Waals surface area contributed by atoms with Crippen LogP contribution in [0.5, 0.6) is 0 Å². The minimum Gasteiger partial charge on any atom is -0.444 e. The Morgan fingerprint density at radius 2 is 1.11 bits per heavy atom. The molecule has 100 heavy (non-hydrogen) atoms. The van der Waals surface area contributed by atoms with Gasteiger partial charge >= 0.3 is 30.5 Å². The van der Waals surface area contributed by atoms with Crippen molar-refractivity contribution in [3.8, 4) is 0 Å². The van der Waals surface area contributed by atoms with E-state index in [1.165, 1.54) is 16.5 Å². The van der Waals surface area contributed by atoms with Crippen molar-refractivity contribution in [2.24, 2.45) is 23.7 Å². The van der Waals surface area contributed by atoms with Gasteiger partial charge in [0.2, 0.25) is 5.91 Å². The number of rotatable bonds is 8. The van der Waals surface area contributed by atoms with Crippen LogP contribution in [0.4, 0.5) is 41.1 Å². The molecule has 564 valence electrons. The van der Waals surface area contributed by atoms with Gasteiger partial charge in [-0.05, 0) is 189 Å². The molecule has 5 atom stereocenters. The van der Waals surface area contributed by atoms with E-state index in [9.17, 15) is 50.7 Å². The Hall–Kier alpha value is -6.85. The molecule has 2 aromatic heterocycles. The third kappa shape index (κ3) is 25.6. The van der Waals surface area contributed by atoms with Crippen LogP contribution in [0, 0.1) is 23.7 Å². The number of alkyl halides is 5. The Balaban J connectivity index is 0.000000256. The summed E-state index contributed by atoms with van der Waals surface area (Å²) in [6, 6.07) is 14.5. The highest BCUT2D eigenvalue weighted by atomic mass is 19.4. The largest absolute Gasteiger partial charge is 0.444 e. The molecule has 9 rings (SSSR count). The number of fused-ring (bicyclic) bond motifs is 2. The van der Waals surface area contributed by atoms with Crippen LogP contribution in [0.15, 0.2) is 48.5 Å². The molecule has 5 amide bonds. The highest BCUT2D eigenvalue weighted by Gasteiger charge is 2.44. The fourth-order valence-corrected chi connectivity index (χ4v) is 12.4. The second-order valence-corrected chi connectivity index (χ2v) is 32.6. The van der Waals surface area contributed by atoms with Gasteiger partial charge in [0, 0.05) is 72.8 Å². The summed E-state index contributed by atoms with van der Waals surface area (Å²) >= 11 is 0. The maximum absolute atomic E-state index is 13.3. The van der Waals surface area contributed by atoms with E-state index in [1.807, 2.05) is 141 Å². The monoisotopic (exact) mass is 1410 g/mol. The SMILES string of the molecule is CC(C)[C@@H]1CC(=O)CN1C(=O)OC(C)(C)C.CC(C)[C@@H]1CCC(=O)N1C(=O)OC(C)(C)C.CC(C)[C@@H]1CC[C@H](c2ccccc2)N1C(=O)OC(C)(C)C.CC(C)[C@H]1COCCN1C(=O)OC(C)(C)C.CC(C)c1[nH]nc2ccc(C(F)(F)F)cc12.CC(C)n1nc(C(C)(F)F)c2c1CCC2. The molecule has 19 nitrogen and oxygen atoms in total. The maximum atomic E-state index is 13.3. The summed E-state index contributed by atoms with van der Waals surface area (Å²) < 4.78 is 92.9. The van der Waals surface area contributed by atoms with Crippen LogP contribution >= 0.6 is 0 Å². The molecule has 0 radical (unpaired) electrons. The second-order valence-electron chi connectivity index (χ2n) is 32.6. The predicted molar refractivity (Wildman–Crippen MR) is 379 cm³/mol. The maximum Gasteiger partial charge on any atom is 0.417 e. The topological polar surface area (TPSA) is 208 Å². The molecule has 1 N–H and O–H groups in total. The molecule has 4 fully saturated rings. The van der Waals surface area contributed by atoms with Crippen LogP contribution < -0.4 is 0 Å². The van der Waals surface area contributed by atoms with E-state index in [1.54, 1.807) is 35.3 Å². The summed E-state index contributed by atoms with van der Waals surface area (Å²) in [4.78, 5) is 78.0. The van der Waals surface area contributed by atoms with Gasteiger partial charge in [0.25, 0.3) is 5.92 Å². The van der Waals surface area contributed by atoms with Crippen molar-refractivity contribution in [3.05, 3.63) is 82.3 Å². The number of Topliss-reactive ketones (excluding diaryl/α,β-unsaturated/α-hetero) is 1. The summed E-state index contributed by atoms with van der Waals surface area (Å²) in [5.41, 5.74) is 1.71. The van der Waals surface area contributed by atoms with Crippen LogP contribution in [0.25, 0.3) is 10.9 Å². The number of carbonyl (C=O) groups is 6. The Kier molecular flexibility index (Phi) is 30.3. The van der Waals surface area contributed by atoms with Crippen molar-refractivity contribution < 1.29 is 74.4 Å². The van der Waals surface area contributed by atoms with E-state index in [2.05, 4.69) is 55.1 Å². The number of morpholine rings is 1. The molecule has 24 heteroatoms. The zero-order chi connectivity index (χ0) is 76.1. The van der Waals surface area contributed by atoms with Gasteiger partial charge < -0.3 is 28.6 Å². The molecule has 0 saturated carbocycles. The average molecular weight is 1420 g/mol. The van der Waals surface area contributed by atoms with Crippen molar-refractivity contribution >= 4 is 47.0 Å². The lowest BCUT2D eigenvalue weighted by atomic mass is 10.0. The van der Waals surface area contributed by atoms with Crippen LogP contribution in [-0.2, 0) is 58.2 Å². The van der Waals surface area contributed by atoms with Gasteiger partial charge in [0.05, 0.1) is 42.9 Å². The first kappa shape index (κ1) is 85.6. The van der Waals surface area contributed by atoms with E-state index in [-0.39, 0.29) is 96.2 Å². The van der Waals surface area contributed by atoms with Gasteiger partial charge in [-0.3, -0.25) is 29.2 Å². The number of nitrogens with one attached hydrogen (secondary N) is 1. The number of hydrogen-bond acceptors (Lipinski definition) is 13. The normalized spacial score (nSPS) is 19.7. The number of imide groups is 1. The first-order valence-electron chi connectivity index (χ1n) is 35.6. The van der Waals surface area contributed by atoms with Crippen molar-refractivity contribution in [2.45, 2.75) is 301 Å². The molecule has 0 spiro atoms. The third-order valence-electron chi connectivity index (χ3n) is 17.1. The van der Waals surface area contributed by atoms with Crippen molar-refractivity contribution in [1.29, 1.82) is 0 Å². The van der Waals surface area contributed by atoms with Crippen LogP contribution in [0.3, 0.4) is 0 Å². The van der Waals surface area contributed by atoms with Crippen LogP contribution in [-0.4, -0.2) is 149 Å². The van der Waals surface area contributed by atoms with Crippen molar-refractivity contribution in [2.75, 3.05) is 26.3 Å². The summed E-state index contributed by atoms with van der Waals surface area (Å²) in [7, 11) is 0. The van der Waals surface area contributed by atoms with E-state index < -0.39 is 46.2 Å². The number of ether oxygens (including phenoxy) is 5. The quantitative estimate of drug-likeness (QED) is 0.129. The summed E-state index contributed by atoms with van der Waals surface area (Å²) in [5.74, 6) is -1.32. The molecule has 0 bridgehead atoms. The van der Waals surface area contributed by atoms with Gasteiger partial charge in [-0.2, -0.15) is 32.1 Å². The number of halogens is 5. The lowest BCUT2D eigenvalue weighted by molar-refractivity contribution is -0.137. The van der Waals surface area contributed by atoms with Gasteiger partial charge in [0.15, 0.2) is 5.78 Å². The smallest absolute Gasteiger partial charge is 0.417 e. The summed E-state index contributed by atoms with van der Waals surface area (Å²) in [6.45, 7) is 49.6. The zero-order valence-corrected chi connectivity index (χ0v) is 64.5. The number of H-pyrrole nitrogens is 1. The number of benzene rings is 2. The molecular weight excluding hydrogens is 1300 g/mol. The Bertz CT molecular complexity index is 3300. The molecule has 4 saturated heterocycles. The number of carbonyl (C=O) groups excluding carboxylic acids is 6. The Morgan fingerprint density at radius 1 is 0.590 bits per heavy atom. The average Bonchev–Trinajstić information content (AvgIpc) is 1.62. The molecule has 2 aromatic carbocycles. The van der Waals surface area contributed by atoms with E-state index >= 15 is 0 Å². The third-order valence-corrected chi connectivity index (χ3v) is 17.1. The van der Waals surface area contributed by atoms with Crippen LogP contribution in [0.1, 0.15) is 263 Å². The highest BCUT2D eigenvalue weighted by Crippen LogP contribution is 2.41. The highest BCUT2D eigenvalue weighted by molar-refractivity contribution is 5.94. The van der Waals surface area contributed by atoms with Crippen LogP contribution in [0.2, 0.25) is 0 Å². The molecule has 0 unspecified atom stereocenters. The zero-order valence-electron chi connectivity index (χ0n) is 64.5. The lowest BCUT2D eigenvalue weighted by Crippen LogP contribution is -2.52. The minimum absolute atomic E-state index is 0.0105. The molecule has 5 aliphatic rings. The van der Waals surface area contributed by atoms with Gasteiger partial charge in [-0.15, -0.1) is 0 Å². The van der Waals surface area contributed by atoms with Gasteiger partial charge in [0.1, 0.15) is 28.1 Å². The van der Waals surface area contributed by atoms with Crippen molar-refractivity contribution in [1.82, 2.24) is 39.6 Å². The van der Waals surface area contributed by atoms with Gasteiger partial charge in [-0.25, -0.2) is 24.1 Å². The second kappa shape index (κ2) is 35.4. The number of likely N-dealkylation sites (tertiary alicyclic amines) is 3. The number of amides is 5. The first-order chi connectivity index (χ1) is 45.8. The van der Waals surface area contributed by atoms with Crippen molar-refractivity contribution in [3.63, 3.8) is 0 Å². The minimum atomic E-state index is -4.31. The number of aromatic nitrogens is 4. The Labute approximate surface area is 592 Å². The molecular formula is C76H119F5N8O11. The molecule has 6 heterocycles. The fraction of sp³-hybridized carbons (Fsp3) is 0.711. The number of nitrogens with zero attached hydrogens (tertiary/aromatic N) is 7. The van der Waals surface area contributed by atoms with Gasteiger partial charge in [-0.1, -0.05) is 99.6 Å². The molecule has 4 aliphatic heterocycles. The summed E-state index contributed by atoms with van der Waals surface area (Å²) in [6.07, 6.45) is 0.699. The van der Waals surface area contributed by atoms with E-state index in [0.717, 1.165) is 74.5 Å². The number of hydrogen-bond donors (Lipinski definition) is 1. The fourth-order valence-electron chi connectivity index (χ4n) is 12.4. The number of ketones is 1. The predicted octanol–water partition coefficient (Wildman–Crippen LogP) is 18.6. The summed E-state index contributed by atoms with van der Waals surface area (Å²) in [5, 5.41) is 11.4. The van der Waals surface area contributed by atoms with E-state index in [4.69, 9.17) is 23.7 Å². The lowest BCUT2D eigenvalue weighted by Gasteiger charge is -2.38. The number of aromatic amines is 1. The molecule has 4 aromatic rings. The first-order valence-corrected chi connectivity index (χ1v) is 35.6.